The average Bonchev–Trinajstić information content (AvgIpc) is 3.14. The zero-order chi connectivity index (χ0) is 17.7. The molecule has 5 heteroatoms. The molecule has 1 aromatic carbocycles. The molecule has 3 saturated carbocycles. The minimum atomic E-state index is -0.460. The first-order chi connectivity index (χ1) is 12.1. The number of rotatable bonds is 5. The van der Waals surface area contributed by atoms with Gasteiger partial charge in [-0.2, -0.15) is 0 Å². The largest absolute Gasteiger partial charge is 0.469 e. The summed E-state index contributed by atoms with van der Waals surface area (Å²) >= 11 is 0. The third kappa shape index (κ3) is 2.40. The predicted octanol–water partition coefficient (Wildman–Crippen LogP) is 1.89. The number of benzene rings is 1. The van der Waals surface area contributed by atoms with E-state index in [1.54, 1.807) is 0 Å². The molecular formula is C20H22O5. The number of ether oxygens (including phenoxy) is 2. The fraction of sp³-hybridized carbons (Fsp3) is 0.550. The van der Waals surface area contributed by atoms with Crippen LogP contribution in [0.1, 0.15) is 12.0 Å². The molecule has 1 aromatic rings. The number of carbonyl (C=O) groups is 3. The number of methoxy groups -OCH3 is 2. The fourth-order valence-electron chi connectivity index (χ4n) is 5.65. The van der Waals surface area contributed by atoms with Gasteiger partial charge in [-0.1, -0.05) is 30.3 Å². The Kier molecular flexibility index (Phi) is 3.89. The normalized spacial score (nSPS) is 37.3. The van der Waals surface area contributed by atoms with Crippen molar-refractivity contribution >= 4 is 17.7 Å². The molecule has 6 unspecified atom stereocenters. The molecule has 0 radical (unpaired) electrons. The first-order valence-electron chi connectivity index (χ1n) is 8.80. The van der Waals surface area contributed by atoms with Gasteiger partial charge in [0.15, 0.2) is 0 Å². The van der Waals surface area contributed by atoms with Crippen LogP contribution in [0.15, 0.2) is 30.3 Å². The summed E-state index contributed by atoms with van der Waals surface area (Å²) in [6.07, 6.45) is 1.24. The third-order valence-electron chi connectivity index (χ3n) is 6.52. The van der Waals surface area contributed by atoms with E-state index in [0.717, 1.165) is 12.0 Å². The van der Waals surface area contributed by atoms with Crippen molar-refractivity contribution in [1.82, 2.24) is 0 Å². The molecule has 0 heterocycles. The summed E-state index contributed by atoms with van der Waals surface area (Å²) in [5.41, 5.74) is 1.01. The van der Waals surface area contributed by atoms with E-state index in [1.165, 1.54) is 14.2 Å². The number of hydrogen-bond donors (Lipinski definition) is 0. The minimum Gasteiger partial charge on any atom is -0.469 e. The van der Waals surface area contributed by atoms with Crippen LogP contribution in [0.2, 0.25) is 0 Å². The first kappa shape index (κ1) is 16.3. The number of fused-ring (bicyclic) bond motifs is 5. The number of hydrogen-bond acceptors (Lipinski definition) is 5. The van der Waals surface area contributed by atoms with Crippen molar-refractivity contribution in [2.75, 3.05) is 14.2 Å². The van der Waals surface area contributed by atoms with Gasteiger partial charge in [0, 0.05) is 12.3 Å². The second-order valence-electron chi connectivity index (χ2n) is 7.47. The van der Waals surface area contributed by atoms with E-state index in [0.29, 0.717) is 6.42 Å². The van der Waals surface area contributed by atoms with E-state index < -0.39 is 11.8 Å². The fourth-order valence-corrected chi connectivity index (χ4v) is 5.65. The van der Waals surface area contributed by atoms with Gasteiger partial charge < -0.3 is 9.47 Å². The molecule has 132 valence electrons. The molecule has 3 aliphatic carbocycles. The maximum atomic E-state index is 12.8. The lowest BCUT2D eigenvalue weighted by atomic mass is 9.79. The van der Waals surface area contributed by atoms with Crippen molar-refractivity contribution < 1.29 is 23.9 Å². The number of carbonyl (C=O) groups excluding carboxylic acids is 3. The van der Waals surface area contributed by atoms with Crippen LogP contribution in [0.25, 0.3) is 0 Å². The summed E-state index contributed by atoms with van der Waals surface area (Å²) in [6, 6.07) is 9.71. The summed E-state index contributed by atoms with van der Waals surface area (Å²) in [5, 5.41) is 0. The Bertz CT molecular complexity index is 678. The molecular weight excluding hydrogens is 320 g/mol. The summed E-state index contributed by atoms with van der Waals surface area (Å²) in [7, 11) is 2.70. The van der Waals surface area contributed by atoms with Crippen LogP contribution in [-0.2, 0) is 30.3 Å². The monoisotopic (exact) mass is 342 g/mol. The Morgan fingerprint density at radius 1 is 0.880 bits per heavy atom. The summed E-state index contributed by atoms with van der Waals surface area (Å²) in [6.45, 7) is 0. The molecule has 2 bridgehead atoms. The van der Waals surface area contributed by atoms with Crippen LogP contribution < -0.4 is 0 Å². The highest BCUT2D eigenvalue weighted by atomic mass is 16.5. The molecule has 0 N–H and O–H groups in total. The highest BCUT2D eigenvalue weighted by Crippen LogP contribution is 2.73. The average molecular weight is 342 g/mol. The second-order valence-corrected chi connectivity index (χ2v) is 7.47. The molecule has 6 atom stereocenters. The van der Waals surface area contributed by atoms with Gasteiger partial charge in [-0.15, -0.1) is 0 Å². The minimum absolute atomic E-state index is 0.0224. The number of Topliss-reactive ketones (excluding diaryl/α,β-unsaturated/α-hetero) is 1. The van der Waals surface area contributed by atoms with E-state index in [4.69, 9.17) is 9.47 Å². The first-order valence-corrected chi connectivity index (χ1v) is 8.80. The van der Waals surface area contributed by atoms with Crippen molar-refractivity contribution in [3.63, 3.8) is 0 Å². The van der Waals surface area contributed by atoms with E-state index in [9.17, 15) is 14.4 Å². The van der Waals surface area contributed by atoms with Gasteiger partial charge in [0.2, 0.25) is 0 Å². The molecule has 0 aromatic heterocycles. The van der Waals surface area contributed by atoms with E-state index in [1.807, 2.05) is 30.3 Å². The Morgan fingerprint density at radius 3 is 1.88 bits per heavy atom. The van der Waals surface area contributed by atoms with Crippen LogP contribution in [0, 0.1) is 41.4 Å². The Morgan fingerprint density at radius 2 is 1.40 bits per heavy atom. The maximum absolute atomic E-state index is 12.8. The van der Waals surface area contributed by atoms with Crippen LogP contribution >= 0.6 is 0 Å². The van der Waals surface area contributed by atoms with E-state index >= 15 is 0 Å². The van der Waals surface area contributed by atoms with Crippen molar-refractivity contribution in [2.45, 2.75) is 12.8 Å². The number of esters is 2. The van der Waals surface area contributed by atoms with E-state index in [-0.39, 0.29) is 47.3 Å². The quantitative estimate of drug-likeness (QED) is 0.764. The van der Waals surface area contributed by atoms with Crippen LogP contribution in [0.3, 0.4) is 0 Å². The molecule has 0 spiro atoms. The molecule has 4 rings (SSSR count). The van der Waals surface area contributed by atoms with Crippen molar-refractivity contribution in [2.24, 2.45) is 41.4 Å². The predicted molar refractivity (Wildman–Crippen MR) is 88.2 cm³/mol. The Labute approximate surface area is 146 Å². The maximum Gasteiger partial charge on any atom is 0.309 e. The second kappa shape index (κ2) is 5.97. The molecule has 5 nitrogen and oxygen atoms in total. The van der Waals surface area contributed by atoms with Crippen molar-refractivity contribution in [3.8, 4) is 0 Å². The van der Waals surface area contributed by atoms with Gasteiger partial charge in [-0.05, 0) is 35.7 Å². The lowest BCUT2D eigenvalue weighted by molar-refractivity contribution is -0.160. The summed E-state index contributed by atoms with van der Waals surface area (Å²) in [4.78, 5) is 37.3. The van der Waals surface area contributed by atoms with Gasteiger partial charge in [-0.3, -0.25) is 14.4 Å². The smallest absolute Gasteiger partial charge is 0.309 e. The van der Waals surface area contributed by atoms with Gasteiger partial charge in [0.1, 0.15) is 5.78 Å². The number of ketones is 1. The summed E-state index contributed by atoms with van der Waals surface area (Å²) in [5.74, 6) is -0.817. The van der Waals surface area contributed by atoms with Crippen LogP contribution in [0.4, 0.5) is 0 Å². The van der Waals surface area contributed by atoms with Crippen molar-refractivity contribution in [1.29, 1.82) is 0 Å². The molecule has 25 heavy (non-hydrogen) atoms. The standard InChI is InChI=1S/C20H22O5/c1-24-19(22)16-11-9-12(17(16)20(23)25-2)15-14(11)18(15)13(21)8-10-6-4-3-5-7-10/h3-7,11-12,14-18H,8-9H2,1-2H3. The zero-order valence-electron chi connectivity index (χ0n) is 14.4. The Hall–Kier alpha value is -2.17. The van der Waals surface area contributed by atoms with E-state index in [2.05, 4.69) is 0 Å². The lowest BCUT2D eigenvalue weighted by Gasteiger charge is -2.26. The van der Waals surface area contributed by atoms with Gasteiger partial charge in [-0.25, -0.2) is 0 Å². The van der Waals surface area contributed by atoms with Gasteiger partial charge >= 0.3 is 11.9 Å². The molecule has 0 saturated heterocycles. The lowest BCUT2D eigenvalue weighted by Crippen LogP contribution is -2.37. The van der Waals surface area contributed by atoms with Gasteiger partial charge in [0.05, 0.1) is 26.1 Å². The highest BCUT2D eigenvalue weighted by Gasteiger charge is 2.75. The SMILES string of the molecule is COC(=O)C1C2CC(C1C(=O)OC)C1C(C(=O)Cc3ccccc3)C21. The topological polar surface area (TPSA) is 69.7 Å². The molecule has 0 aliphatic heterocycles. The molecule has 3 aliphatic rings. The van der Waals surface area contributed by atoms with Crippen LogP contribution in [-0.4, -0.2) is 31.9 Å². The molecule has 0 amide bonds. The highest BCUT2D eigenvalue weighted by molar-refractivity contribution is 5.89. The van der Waals surface area contributed by atoms with Crippen LogP contribution in [0.5, 0.6) is 0 Å². The third-order valence-corrected chi connectivity index (χ3v) is 6.52. The van der Waals surface area contributed by atoms with Gasteiger partial charge in [0.25, 0.3) is 0 Å². The zero-order valence-corrected chi connectivity index (χ0v) is 14.4. The Balaban J connectivity index is 1.53. The summed E-state index contributed by atoms with van der Waals surface area (Å²) < 4.78 is 9.88. The molecule has 3 fully saturated rings. The van der Waals surface area contributed by atoms with Crippen molar-refractivity contribution in [3.05, 3.63) is 35.9 Å².